The quantitative estimate of drug-likeness (QED) is 0.838. The van der Waals surface area contributed by atoms with Crippen molar-refractivity contribution in [2.75, 3.05) is 10.5 Å². The number of nitrogen functional groups attached to an aromatic ring is 1. The van der Waals surface area contributed by atoms with Gasteiger partial charge in [-0.3, -0.25) is 4.72 Å². The maximum atomic E-state index is 12.1. The average molecular weight is 347 g/mol. The van der Waals surface area contributed by atoms with E-state index in [-0.39, 0.29) is 4.21 Å². The Balaban J connectivity index is 2.33. The van der Waals surface area contributed by atoms with E-state index in [9.17, 15) is 8.42 Å². The van der Waals surface area contributed by atoms with E-state index < -0.39 is 10.0 Å². The van der Waals surface area contributed by atoms with Gasteiger partial charge in [0.2, 0.25) is 0 Å². The summed E-state index contributed by atoms with van der Waals surface area (Å²) in [7, 11) is -3.57. The van der Waals surface area contributed by atoms with Crippen LogP contribution in [0, 0.1) is 6.92 Å². The van der Waals surface area contributed by atoms with Crippen molar-refractivity contribution in [3.63, 3.8) is 0 Å². The van der Waals surface area contributed by atoms with Crippen LogP contribution < -0.4 is 10.5 Å². The largest absolute Gasteiger partial charge is 0.397 e. The molecule has 1 heterocycles. The Morgan fingerprint density at radius 3 is 2.56 bits per heavy atom. The number of anilines is 2. The Morgan fingerprint density at radius 2 is 2.00 bits per heavy atom. The lowest BCUT2D eigenvalue weighted by molar-refractivity contribution is 0.603. The third kappa shape index (κ3) is 2.85. The maximum Gasteiger partial charge on any atom is 0.271 e. The summed E-state index contributed by atoms with van der Waals surface area (Å²) in [5.74, 6) is 0. The Hall–Kier alpha value is -1.05. The standard InChI is InChI=1S/C11H11BrN2O2S2/c1-7-2-3-9(8(13)6-7)14-18(15,16)11-5-4-10(12)17-11/h2-6,14H,13H2,1H3. The molecule has 0 spiro atoms. The lowest BCUT2D eigenvalue weighted by Gasteiger charge is -2.09. The molecule has 1 aromatic carbocycles. The smallest absolute Gasteiger partial charge is 0.271 e. The first kappa shape index (κ1) is 13.4. The van der Waals surface area contributed by atoms with Gasteiger partial charge in [0.1, 0.15) is 4.21 Å². The van der Waals surface area contributed by atoms with Gasteiger partial charge in [0, 0.05) is 0 Å². The summed E-state index contributed by atoms with van der Waals surface area (Å²) in [5, 5.41) is 0. The first-order valence-corrected chi connectivity index (χ1v) is 8.12. The van der Waals surface area contributed by atoms with Crippen LogP contribution in [-0.2, 0) is 10.0 Å². The molecule has 0 aliphatic carbocycles. The Morgan fingerprint density at radius 1 is 1.28 bits per heavy atom. The molecule has 1 aromatic heterocycles. The number of hydrogen-bond acceptors (Lipinski definition) is 4. The summed E-state index contributed by atoms with van der Waals surface area (Å²) >= 11 is 4.38. The van der Waals surface area contributed by atoms with E-state index in [2.05, 4.69) is 20.7 Å². The minimum atomic E-state index is -3.57. The molecule has 0 atom stereocenters. The van der Waals surface area contributed by atoms with Crippen LogP contribution in [0.3, 0.4) is 0 Å². The van der Waals surface area contributed by atoms with Gasteiger partial charge >= 0.3 is 0 Å². The van der Waals surface area contributed by atoms with Crippen molar-refractivity contribution in [3.05, 3.63) is 39.7 Å². The van der Waals surface area contributed by atoms with Crippen LogP contribution in [-0.4, -0.2) is 8.42 Å². The molecule has 0 aliphatic rings. The predicted molar refractivity (Wildman–Crippen MR) is 78.4 cm³/mol. The lowest BCUT2D eigenvalue weighted by atomic mass is 10.2. The van der Waals surface area contributed by atoms with Crippen molar-refractivity contribution in [1.82, 2.24) is 0 Å². The van der Waals surface area contributed by atoms with E-state index in [1.165, 1.54) is 0 Å². The predicted octanol–water partition coefficient (Wildman–Crippen LogP) is 3.20. The summed E-state index contributed by atoms with van der Waals surface area (Å²) in [6.45, 7) is 1.89. The molecular weight excluding hydrogens is 336 g/mol. The molecule has 0 aliphatic heterocycles. The maximum absolute atomic E-state index is 12.1. The minimum absolute atomic E-state index is 0.245. The average Bonchev–Trinajstić information content (AvgIpc) is 2.70. The SMILES string of the molecule is Cc1ccc(NS(=O)(=O)c2ccc(Br)s2)c(N)c1. The minimum Gasteiger partial charge on any atom is -0.397 e. The lowest BCUT2D eigenvalue weighted by Crippen LogP contribution is -2.12. The van der Waals surface area contributed by atoms with Gasteiger partial charge in [-0.05, 0) is 52.7 Å². The van der Waals surface area contributed by atoms with Crippen molar-refractivity contribution in [2.45, 2.75) is 11.1 Å². The second-order valence-electron chi connectivity index (χ2n) is 3.75. The van der Waals surface area contributed by atoms with Gasteiger partial charge in [0.05, 0.1) is 15.2 Å². The van der Waals surface area contributed by atoms with E-state index in [1.807, 2.05) is 6.92 Å². The molecule has 0 unspecified atom stereocenters. The third-order valence-corrected chi connectivity index (χ3v) is 5.75. The number of halogens is 1. The third-order valence-electron chi connectivity index (χ3n) is 2.26. The van der Waals surface area contributed by atoms with Crippen molar-refractivity contribution >= 4 is 48.7 Å². The van der Waals surface area contributed by atoms with E-state index in [0.717, 1.165) is 20.7 Å². The van der Waals surface area contributed by atoms with Crippen molar-refractivity contribution in [2.24, 2.45) is 0 Å². The zero-order chi connectivity index (χ0) is 13.3. The summed E-state index contributed by atoms with van der Waals surface area (Å²) < 4.78 is 27.6. The molecule has 0 fully saturated rings. The molecule has 0 saturated carbocycles. The summed E-state index contributed by atoms with van der Waals surface area (Å²) in [4.78, 5) is 0. The van der Waals surface area contributed by atoms with Crippen LogP contribution in [0.2, 0.25) is 0 Å². The molecule has 7 heteroatoms. The molecule has 4 nitrogen and oxygen atoms in total. The van der Waals surface area contributed by atoms with Gasteiger partial charge in [-0.25, -0.2) is 8.42 Å². The molecule has 0 radical (unpaired) electrons. The molecule has 3 N–H and O–H groups in total. The van der Waals surface area contributed by atoms with E-state index in [1.54, 1.807) is 30.3 Å². The van der Waals surface area contributed by atoms with Crippen LogP contribution in [0.1, 0.15) is 5.56 Å². The highest BCUT2D eigenvalue weighted by Crippen LogP contribution is 2.29. The number of hydrogen-bond donors (Lipinski definition) is 2. The summed E-state index contributed by atoms with van der Waals surface area (Å²) in [6.07, 6.45) is 0. The second kappa shape index (κ2) is 4.91. The second-order valence-corrected chi connectivity index (χ2v) is 8.13. The Labute approximate surface area is 118 Å². The van der Waals surface area contributed by atoms with E-state index in [4.69, 9.17) is 5.73 Å². The summed E-state index contributed by atoms with van der Waals surface area (Å²) in [6, 6.07) is 8.42. The van der Waals surface area contributed by atoms with Crippen molar-refractivity contribution in [1.29, 1.82) is 0 Å². The molecule has 2 aromatic rings. The number of aryl methyl sites for hydroxylation is 1. The fourth-order valence-corrected chi connectivity index (χ4v) is 4.51. The Bertz CT molecular complexity index is 680. The van der Waals surface area contributed by atoms with Gasteiger partial charge in [-0.15, -0.1) is 11.3 Å². The van der Waals surface area contributed by atoms with E-state index in [0.29, 0.717) is 11.4 Å². The van der Waals surface area contributed by atoms with E-state index >= 15 is 0 Å². The fourth-order valence-electron chi connectivity index (χ4n) is 1.41. The number of nitrogens with one attached hydrogen (secondary N) is 1. The van der Waals surface area contributed by atoms with Crippen LogP contribution in [0.15, 0.2) is 38.3 Å². The van der Waals surface area contributed by atoms with Gasteiger partial charge < -0.3 is 5.73 Å². The highest BCUT2D eigenvalue weighted by atomic mass is 79.9. The van der Waals surface area contributed by atoms with Gasteiger partial charge in [0.25, 0.3) is 10.0 Å². The topological polar surface area (TPSA) is 72.2 Å². The number of rotatable bonds is 3. The number of thiophene rings is 1. The normalized spacial score (nSPS) is 11.4. The van der Waals surface area contributed by atoms with Crippen LogP contribution in [0.25, 0.3) is 0 Å². The molecule has 0 amide bonds. The molecule has 96 valence electrons. The van der Waals surface area contributed by atoms with Crippen molar-refractivity contribution < 1.29 is 8.42 Å². The monoisotopic (exact) mass is 346 g/mol. The zero-order valence-corrected chi connectivity index (χ0v) is 12.7. The Kier molecular flexibility index (Phi) is 3.65. The molecule has 0 saturated heterocycles. The molecule has 0 bridgehead atoms. The fraction of sp³-hybridized carbons (Fsp3) is 0.0909. The van der Waals surface area contributed by atoms with Crippen LogP contribution in [0.5, 0.6) is 0 Å². The van der Waals surface area contributed by atoms with Gasteiger partial charge in [-0.2, -0.15) is 0 Å². The van der Waals surface area contributed by atoms with Gasteiger partial charge in [-0.1, -0.05) is 6.07 Å². The molecular formula is C11H11BrN2O2S2. The first-order chi connectivity index (χ1) is 8.38. The highest BCUT2D eigenvalue weighted by molar-refractivity contribution is 9.11. The number of benzene rings is 1. The van der Waals surface area contributed by atoms with Crippen LogP contribution in [0.4, 0.5) is 11.4 Å². The molecule has 2 rings (SSSR count). The zero-order valence-electron chi connectivity index (χ0n) is 9.48. The molecule has 18 heavy (non-hydrogen) atoms. The van der Waals surface area contributed by atoms with Crippen molar-refractivity contribution in [3.8, 4) is 0 Å². The van der Waals surface area contributed by atoms with Gasteiger partial charge in [0.15, 0.2) is 0 Å². The highest BCUT2D eigenvalue weighted by Gasteiger charge is 2.17. The first-order valence-electron chi connectivity index (χ1n) is 5.03. The number of nitrogens with two attached hydrogens (primary N) is 1. The van der Waals surface area contributed by atoms with Crippen LogP contribution >= 0.6 is 27.3 Å². The number of sulfonamides is 1. The summed E-state index contributed by atoms with van der Waals surface area (Å²) in [5.41, 5.74) is 7.56.